The van der Waals surface area contributed by atoms with Gasteiger partial charge in [0.05, 0.1) is 5.92 Å². The third-order valence-electron chi connectivity index (χ3n) is 2.79. The van der Waals surface area contributed by atoms with E-state index in [9.17, 15) is 4.79 Å². The predicted octanol–water partition coefficient (Wildman–Crippen LogP) is 2.54. The summed E-state index contributed by atoms with van der Waals surface area (Å²) >= 11 is 0. The molecule has 0 saturated carbocycles. The molecule has 0 aromatic heterocycles. The summed E-state index contributed by atoms with van der Waals surface area (Å²) in [5.74, 6) is -1.01. The molecule has 1 aromatic carbocycles. The molecule has 0 fully saturated rings. The lowest BCUT2D eigenvalue weighted by Gasteiger charge is -2.20. The van der Waals surface area contributed by atoms with Crippen LogP contribution < -0.4 is 4.90 Å². The molecule has 0 spiro atoms. The minimum absolute atomic E-state index is 0.284. The summed E-state index contributed by atoms with van der Waals surface area (Å²) in [6, 6.07) is 8.24. The van der Waals surface area contributed by atoms with E-state index in [2.05, 4.69) is 36.1 Å². The summed E-state index contributed by atoms with van der Waals surface area (Å²) in [4.78, 5) is 12.8. The molecule has 1 unspecified atom stereocenters. The number of hydrogen-bond acceptors (Lipinski definition) is 2. The van der Waals surface area contributed by atoms with Crippen LogP contribution in [-0.2, 0) is 4.79 Å². The van der Waals surface area contributed by atoms with Gasteiger partial charge in [-0.2, -0.15) is 0 Å². The maximum Gasteiger partial charge on any atom is 0.306 e. The molecule has 0 saturated heterocycles. The highest BCUT2D eigenvalue weighted by Crippen LogP contribution is 2.14. The standard InChI is InChI=1S/C13H19NO2/c1-10-4-6-12(7-5-10)14(3)9-8-11(2)13(15)16/h4-7,11H,8-9H2,1-3H3,(H,15,16). The molecule has 0 aliphatic heterocycles. The summed E-state index contributed by atoms with van der Waals surface area (Å²) < 4.78 is 0. The molecule has 1 aromatic rings. The van der Waals surface area contributed by atoms with E-state index in [4.69, 9.17) is 5.11 Å². The fourth-order valence-corrected chi connectivity index (χ4v) is 1.44. The Hall–Kier alpha value is -1.51. The van der Waals surface area contributed by atoms with Crippen LogP contribution in [-0.4, -0.2) is 24.7 Å². The number of aryl methyl sites for hydroxylation is 1. The second kappa shape index (κ2) is 5.54. The van der Waals surface area contributed by atoms with E-state index in [1.54, 1.807) is 6.92 Å². The number of carboxylic acid groups (broad SMARTS) is 1. The third kappa shape index (κ3) is 3.57. The van der Waals surface area contributed by atoms with Gasteiger partial charge < -0.3 is 10.0 Å². The van der Waals surface area contributed by atoms with E-state index in [0.717, 1.165) is 12.2 Å². The highest BCUT2D eigenvalue weighted by molar-refractivity contribution is 5.69. The Labute approximate surface area is 96.7 Å². The van der Waals surface area contributed by atoms with E-state index >= 15 is 0 Å². The average Bonchev–Trinajstić information content (AvgIpc) is 2.26. The fraction of sp³-hybridized carbons (Fsp3) is 0.462. The zero-order chi connectivity index (χ0) is 12.1. The van der Waals surface area contributed by atoms with Gasteiger partial charge in [-0.1, -0.05) is 24.6 Å². The van der Waals surface area contributed by atoms with Crippen molar-refractivity contribution in [1.82, 2.24) is 0 Å². The first-order valence-corrected chi connectivity index (χ1v) is 5.51. The van der Waals surface area contributed by atoms with E-state index in [0.29, 0.717) is 6.42 Å². The zero-order valence-corrected chi connectivity index (χ0v) is 10.1. The van der Waals surface area contributed by atoms with Crippen molar-refractivity contribution in [2.24, 2.45) is 5.92 Å². The summed E-state index contributed by atoms with van der Waals surface area (Å²) in [6.45, 7) is 4.55. The number of carbonyl (C=O) groups is 1. The molecular formula is C13H19NO2. The molecule has 0 radical (unpaired) electrons. The number of aliphatic carboxylic acids is 1. The highest BCUT2D eigenvalue weighted by Gasteiger charge is 2.11. The van der Waals surface area contributed by atoms with Crippen LogP contribution in [0.2, 0.25) is 0 Å². The Balaban J connectivity index is 2.49. The van der Waals surface area contributed by atoms with Crippen molar-refractivity contribution >= 4 is 11.7 Å². The van der Waals surface area contributed by atoms with Crippen LogP contribution in [0.1, 0.15) is 18.9 Å². The molecule has 0 bridgehead atoms. The molecule has 0 aliphatic carbocycles. The third-order valence-corrected chi connectivity index (χ3v) is 2.79. The minimum Gasteiger partial charge on any atom is -0.481 e. The number of nitrogens with zero attached hydrogens (tertiary/aromatic N) is 1. The van der Waals surface area contributed by atoms with Gasteiger partial charge in [-0.25, -0.2) is 0 Å². The molecule has 0 amide bonds. The summed E-state index contributed by atoms with van der Waals surface area (Å²) in [7, 11) is 1.99. The highest BCUT2D eigenvalue weighted by atomic mass is 16.4. The van der Waals surface area contributed by atoms with Gasteiger partial charge in [0, 0.05) is 19.3 Å². The van der Waals surface area contributed by atoms with Crippen LogP contribution >= 0.6 is 0 Å². The van der Waals surface area contributed by atoms with E-state index in [1.807, 2.05) is 7.05 Å². The second-order valence-electron chi connectivity index (χ2n) is 4.29. The molecule has 88 valence electrons. The second-order valence-corrected chi connectivity index (χ2v) is 4.29. The molecule has 16 heavy (non-hydrogen) atoms. The van der Waals surface area contributed by atoms with Gasteiger partial charge in [0.2, 0.25) is 0 Å². The predicted molar refractivity (Wildman–Crippen MR) is 65.9 cm³/mol. The van der Waals surface area contributed by atoms with Crippen molar-refractivity contribution < 1.29 is 9.90 Å². The monoisotopic (exact) mass is 221 g/mol. The Kier molecular flexibility index (Phi) is 4.35. The van der Waals surface area contributed by atoms with Crippen LogP contribution in [0, 0.1) is 12.8 Å². The maximum atomic E-state index is 10.7. The van der Waals surface area contributed by atoms with Gasteiger partial charge in [0.15, 0.2) is 0 Å². The van der Waals surface area contributed by atoms with Crippen LogP contribution in [0.5, 0.6) is 0 Å². The Morgan fingerprint density at radius 1 is 1.38 bits per heavy atom. The number of benzene rings is 1. The molecule has 1 rings (SSSR count). The molecule has 3 heteroatoms. The summed E-state index contributed by atoms with van der Waals surface area (Å²) in [5.41, 5.74) is 2.36. The lowest BCUT2D eigenvalue weighted by molar-refractivity contribution is -0.141. The number of rotatable bonds is 5. The number of anilines is 1. The smallest absolute Gasteiger partial charge is 0.306 e. The van der Waals surface area contributed by atoms with Crippen molar-refractivity contribution in [2.45, 2.75) is 20.3 Å². The zero-order valence-electron chi connectivity index (χ0n) is 10.1. The number of hydrogen-bond donors (Lipinski definition) is 1. The average molecular weight is 221 g/mol. The molecular weight excluding hydrogens is 202 g/mol. The van der Waals surface area contributed by atoms with Gasteiger partial charge in [0.1, 0.15) is 0 Å². The van der Waals surface area contributed by atoms with Crippen LogP contribution in [0.4, 0.5) is 5.69 Å². The number of carboxylic acids is 1. The van der Waals surface area contributed by atoms with Crippen molar-refractivity contribution in [1.29, 1.82) is 0 Å². The molecule has 1 N–H and O–H groups in total. The van der Waals surface area contributed by atoms with E-state index < -0.39 is 5.97 Å². The van der Waals surface area contributed by atoms with Gasteiger partial charge in [-0.15, -0.1) is 0 Å². The maximum absolute atomic E-state index is 10.7. The fourth-order valence-electron chi connectivity index (χ4n) is 1.44. The normalized spacial score (nSPS) is 12.2. The van der Waals surface area contributed by atoms with Gasteiger partial charge >= 0.3 is 5.97 Å². The first kappa shape index (κ1) is 12.6. The largest absolute Gasteiger partial charge is 0.481 e. The van der Waals surface area contributed by atoms with Crippen LogP contribution in [0.15, 0.2) is 24.3 Å². The van der Waals surface area contributed by atoms with Gasteiger partial charge in [-0.05, 0) is 25.5 Å². The summed E-state index contributed by atoms with van der Waals surface area (Å²) in [5, 5.41) is 8.78. The lowest BCUT2D eigenvalue weighted by atomic mass is 10.1. The molecule has 0 aliphatic rings. The van der Waals surface area contributed by atoms with Crippen molar-refractivity contribution in [2.75, 3.05) is 18.5 Å². The van der Waals surface area contributed by atoms with Crippen LogP contribution in [0.25, 0.3) is 0 Å². The van der Waals surface area contributed by atoms with Crippen molar-refractivity contribution in [3.05, 3.63) is 29.8 Å². The Bertz CT molecular complexity index is 345. The van der Waals surface area contributed by atoms with Crippen molar-refractivity contribution in [3.63, 3.8) is 0 Å². The first-order chi connectivity index (χ1) is 7.50. The Morgan fingerprint density at radius 3 is 2.44 bits per heavy atom. The molecule has 1 atom stereocenters. The van der Waals surface area contributed by atoms with Crippen LogP contribution in [0.3, 0.4) is 0 Å². The topological polar surface area (TPSA) is 40.5 Å². The quantitative estimate of drug-likeness (QED) is 0.830. The first-order valence-electron chi connectivity index (χ1n) is 5.51. The molecule has 0 heterocycles. The van der Waals surface area contributed by atoms with Gasteiger partial charge in [-0.3, -0.25) is 4.79 Å². The Morgan fingerprint density at radius 2 is 1.94 bits per heavy atom. The van der Waals surface area contributed by atoms with Crippen molar-refractivity contribution in [3.8, 4) is 0 Å². The van der Waals surface area contributed by atoms with E-state index in [-0.39, 0.29) is 5.92 Å². The summed E-state index contributed by atoms with van der Waals surface area (Å²) in [6.07, 6.45) is 0.666. The molecule has 3 nitrogen and oxygen atoms in total. The SMILES string of the molecule is Cc1ccc(N(C)CCC(C)C(=O)O)cc1. The minimum atomic E-state index is -0.725. The van der Waals surface area contributed by atoms with Gasteiger partial charge in [0.25, 0.3) is 0 Å². The van der Waals surface area contributed by atoms with E-state index in [1.165, 1.54) is 5.56 Å². The lowest BCUT2D eigenvalue weighted by Crippen LogP contribution is -2.22.